The maximum Gasteiger partial charge on any atom is 0.490 e. The molecule has 9 nitrogen and oxygen atoms in total. The molecule has 2 saturated heterocycles. The summed E-state index contributed by atoms with van der Waals surface area (Å²) in [6.07, 6.45) is -1.67. The van der Waals surface area contributed by atoms with Crippen molar-refractivity contribution in [2.24, 2.45) is 5.41 Å². The third-order valence-corrected chi connectivity index (χ3v) is 6.91. The number of nitrogens with zero attached hydrogens (tertiary/aromatic N) is 4. The van der Waals surface area contributed by atoms with Gasteiger partial charge in [0.05, 0.1) is 5.51 Å². The monoisotopic (exact) mass is 584 g/mol. The molecule has 0 bridgehead atoms. The van der Waals surface area contributed by atoms with E-state index in [1.165, 1.54) is 29.7 Å². The fourth-order valence-corrected chi connectivity index (χ4v) is 4.62. The lowest BCUT2D eigenvalue weighted by molar-refractivity contribution is -0.193. The molecule has 0 unspecified atom stereocenters. The van der Waals surface area contributed by atoms with Crippen LogP contribution in [0.4, 0.5) is 26.3 Å². The highest BCUT2D eigenvalue weighted by molar-refractivity contribution is 7.07. The van der Waals surface area contributed by atoms with E-state index in [0.717, 1.165) is 45.6 Å². The predicted molar refractivity (Wildman–Crippen MR) is 126 cm³/mol. The van der Waals surface area contributed by atoms with Gasteiger partial charge in [-0.1, -0.05) is 0 Å². The predicted octanol–water partition coefficient (Wildman–Crippen LogP) is 4.32. The van der Waals surface area contributed by atoms with E-state index in [0.29, 0.717) is 11.1 Å². The first-order valence-electron chi connectivity index (χ1n) is 11.5. The summed E-state index contributed by atoms with van der Waals surface area (Å²) in [6.45, 7) is 5.08. The highest BCUT2D eigenvalue weighted by atomic mass is 32.1. The first kappa shape index (κ1) is 31.9. The van der Waals surface area contributed by atoms with Crippen LogP contribution >= 0.6 is 11.3 Å². The van der Waals surface area contributed by atoms with Gasteiger partial charge in [-0.2, -0.15) is 26.3 Å². The molecule has 2 aliphatic rings. The van der Waals surface area contributed by atoms with Gasteiger partial charge in [0.25, 0.3) is 5.91 Å². The number of rotatable bonds is 3. The average molecular weight is 585 g/mol. The van der Waals surface area contributed by atoms with Crippen LogP contribution in [0.3, 0.4) is 0 Å². The molecule has 216 valence electrons. The minimum Gasteiger partial charge on any atom is -0.475 e. The molecule has 2 aliphatic heterocycles. The number of aliphatic carboxylic acids is 2. The Morgan fingerprint density at radius 1 is 0.872 bits per heavy atom. The zero-order valence-corrected chi connectivity index (χ0v) is 21.2. The molecular weight excluding hydrogens is 558 g/mol. The van der Waals surface area contributed by atoms with E-state index >= 15 is 0 Å². The Kier molecular flexibility index (Phi) is 11.2. The number of carboxylic acids is 2. The second-order valence-corrected chi connectivity index (χ2v) is 9.62. The van der Waals surface area contributed by atoms with Crippen LogP contribution in [0.15, 0.2) is 35.4 Å². The highest BCUT2D eigenvalue weighted by Gasteiger charge is 2.40. The third kappa shape index (κ3) is 10.4. The minimum atomic E-state index is -5.08. The summed E-state index contributed by atoms with van der Waals surface area (Å²) < 4.78 is 63.5. The molecule has 1 amide bonds. The normalized spacial score (nSPS) is 17.3. The highest BCUT2D eigenvalue weighted by Crippen LogP contribution is 2.41. The molecule has 2 aromatic rings. The lowest BCUT2D eigenvalue weighted by atomic mass is 9.71. The van der Waals surface area contributed by atoms with Crippen LogP contribution in [0.5, 0.6) is 0 Å². The van der Waals surface area contributed by atoms with Crippen molar-refractivity contribution in [1.82, 2.24) is 19.8 Å². The largest absolute Gasteiger partial charge is 0.490 e. The number of alkyl halides is 6. The Morgan fingerprint density at radius 2 is 1.33 bits per heavy atom. The van der Waals surface area contributed by atoms with Gasteiger partial charge in [-0.15, -0.1) is 11.3 Å². The Balaban J connectivity index is 0.000000317. The van der Waals surface area contributed by atoms with Crippen LogP contribution in [0.1, 0.15) is 41.7 Å². The quantitative estimate of drug-likeness (QED) is 0.512. The van der Waals surface area contributed by atoms with Crippen LogP contribution < -0.4 is 0 Å². The van der Waals surface area contributed by atoms with Crippen molar-refractivity contribution in [1.29, 1.82) is 0 Å². The number of hydrogen-bond donors (Lipinski definition) is 2. The minimum absolute atomic E-state index is 0.103. The molecule has 2 N–H and O–H groups in total. The Bertz CT molecular complexity index is 1040. The number of aromatic nitrogens is 2. The number of amides is 1. The summed E-state index contributed by atoms with van der Waals surface area (Å²) in [4.78, 5) is 43.0. The topological polar surface area (TPSA) is 124 Å². The number of hydrogen-bond acceptors (Lipinski definition) is 7. The van der Waals surface area contributed by atoms with Crippen LogP contribution in [0.2, 0.25) is 0 Å². The molecule has 39 heavy (non-hydrogen) atoms. The summed E-state index contributed by atoms with van der Waals surface area (Å²) in [5.74, 6) is -5.41. The van der Waals surface area contributed by atoms with Crippen LogP contribution in [0, 0.1) is 5.41 Å². The van der Waals surface area contributed by atoms with Gasteiger partial charge in [-0.05, 0) is 61.9 Å². The number of pyridine rings is 1. The first-order valence-corrected chi connectivity index (χ1v) is 12.5. The fraction of sp³-hybridized carbons (Fsp3) is 0.522. The molecular formula is C23H26F6N4O5S. The van der Waals surface area contributed by atoms with Crippen molar-refractivity contribution in [3.05, 3.63) is 46.7 Å². The standard InChI is InChI=1S/C19H24N4OS.2C2HF3O2/c24-18(17-14-25-15-21-17)23-11-5-19(6-12-23)3-9-22(10-4-19)13-16-1-7-20-8-2-16;2*3-2(4,5)1(6)7/h1-2,7-8,14-15H,3-6,9-13H2;2*(H,6,7). The SMILES string of the molecule is O=C(O)C(F)(F)F.O=C(O)C(F)(F)F.O=C(c1cscn1)N1CCC2(CCN(Cc3ccncc3)CC2)CC1. The van der Waals surface area contributed by atoms with E-state index in [-0.39, 0.29) is 5.91 Å². The molecule has 16 heteroatoms. The van der Waals surface area contributed by atoms with E-state index in [9.17, 15) is 31.1 Å². The Hall–Kier alpha value is -3.27. The van der Waals surface area contributed by atoms with E-state index in [1.54, 1.807) is 5.51 Å². The molecule has 0 aromatic carbocycles. The van der Waals surface area contributed by atoms with Crippen molar-refractivity contribution in [3.8, 4) is 0 Å². The average Bonchev–Trinajstić information content (AvgIpc) is 3.41. The van der Waals surface area contributed by atoms with E-state index < -0.39 is 24.3 Å². The van der Waals surface area contributed by atoms with Gasteiger partial charge in [0.1, 0.15) is 5.69 Å². The number of likely N-dealkylation sites (tertiary alicyclic amines) is 2. The summed E-state index contributed by atoms with van der Waals surface area (Å²) in [5, 5.41) is 16.1. The van der Waals surface area contributed by atoms with Gasteiger partial charge in [0.2, 0.25) is 0 Å². The van der Waals surface area contributed by atoms with E-state index in [4.69, 9.17) is 19.8 Å². The number of carbonyl (C=O) groups is 3. The molecule has 2 fully saturated rings. The Labute approximate surface area is 223 Å². The maximum absolute atomic E-state index is 12.4. The summed E-state index contributed by atoms with van der Waals surface area (Å²) in [5.41, 5.74) is 4.12. The lowest BCUT2D eigenvalue weighted by Gasteiger charge is -2.46. The van der Waals surface area contributed by atoms with Gasteiger partial charge >= 0.3 is 24.3 Å². The first-order chi connectivity index (χ1) is 18.1. The maximum atomic E-state index is 12.4. The van der Waals surface area contributed by atoms with Gasteiger partial charge < -0.3 is 15.1 Å². The number of halogens is 6. The summed E-state index contributed by atoms with van der Waals surface area (Å²) in [7, 11) is 0. The number of piperidine rings is 2. The van der Waals surface area contributed by atoms with Crippen molar-refractivity contribution >= 4 is 29.2 Å². The third-order valence-electron chi connectivity index (χ3n) is 6.32. The van der Waals surface area contributed by atoms with Crippen molar-refractivity contribution in [2.75, 3.05) is 26.2 Å². The molecule has 0 aliphatic carbocycles. The second-order valence-electron chi connectivity index (χ2n) is 8.90. The van der Waals surface area contributed by atoms with Gasteiger partial charge in [-0.25, -0.2) is 14.6 Å². The van der Waals surface area contributed by atoms with E-state index in [2.05, 4.69) is 27.0 Å². The second kappa shape index (κ2) is 13.7. The molecule has 0 saturated carbocycles. The smallest absolute Gasteiger partial charge is 0.475 e. The molecule has 4 heterocycles. The van der Waals surface area contributed by atoms with Gasteiger partial charge in [0, 0.05) is 37.4 Å². The van der Waals surface area contributed by atoms with Crippen molar-refractivity contribution in [2.45, 2.75) is 44.6 Å². The molecule has 1 spiro atoms. The molecule has 0 radical (unpaired) electrons. The number of carbonyl (C=O) groups excluding carboxylic acids is 1. The number of carboxylic acid groups (broad SMARTS) is 2. The van der Waals surface area contributed by atoms with Crippen LogP contribution in [0.25, 0.3) is 0 Å². The summed E-state index contributed by atoms with van der Waals surface area (Å²) >= 11 is 1.49. The zero-order chi connectivity index (χ0) is 29.3. The van der Waals surface area contributed by atoms with E-state index in [1.807, 2.05) is 22.7 Å². The fourth-order valence-electron chi connectivity index (χ4n) is 4.10. The van der Waals surface area contributed by atoms with Crippen LogP contribution in [-0.4, -0.2) is 86.4 Å². The zero-order valence-electron chi connectivity index (χ0n) is 20.4. The molecule has 2 aromatic heterocycles. The Morgan fingerprint density at radius 3 is 1.74 bits per heavy atom. The summed E-state index contributed by atoms with van der Waals surface area (Å²) in [6, 6.07) is 4.21. The lowest BCUT2D eigenvalue weighted by Crippen LogP contribution is -2.48. The van der Waals surface area contributed by atoms with Gasteiger partial charge in [0.15, 0.2) is 0 Å². The van der Waals surface area contributed by atoms with Crippen molar-refractivity contribution < 1.29 is 50.9 Å². The molecule has 4 rings (SSSR count). The van der Waals surface area contributed by atoms with Crippen molar-refractivity contribution in [3.63, 3.8) is 0 Å². The van der Waals surface area contributed by atoms with Gasteiger partial charge in [-0.3, -0.25) is 14.7 Å². The number of thiazole rings is 1. The van der Waals surface area contributed by atoms with Crippen LogP contribution in [-0.2, 0) is 16.1 Å². The molecule has 0 atom stereocenters.